The number of hydroxylamine groups is 2. The molecule has 35 heavy (non-hydrogen) atoms. The van der Waals surface area contributed by atoms with E-state index in [-0.39, 0.29) is 5.78 Å². The van der Waals surface area contributed by atoms with Gasteiger partial charge in [0.25, 0.3) is 0 Å². The Labute approximate surface area is 215 Å². The molecule has 0 unspecified atom stereocenters. The molecule has 0 spiro atoms. The fourth-order valence-corrected chi connectivity index (χ4v) is 4.44. The van der Waals surface area contributed by atoms with Gasteiger partial charge in [-0.3, -0.25) is 4.79 Å². The van der Waals surface area contributed by atoms with E-state index in [9.17, 15) is 10.0 Å². The summed E-state index contributed by atoms with van der Waals surface area (Å²) in [4.78, 5) is 12.6. The van der Waals surface area contributed by atoms with E-state index in [2.05, 4.69) is 31.2 Å². The molecule has 0 aliphatic rings. The van der Waals surface area contributed by atoms with Gasteiger partial charge in [0, 0.05) is 24.4 Å². The Balaban J connectivity index is 1.50. The minimum atomic E-state index is -0.593. The van der Waals surface area contributed by atoms with Crippen molar-refractivity contribution in [2.24, 2.45) is 0 Å². The predicted octanol–water partition coefficient (Wildman–Crippen LogP) is 7.94. The highest BCUT2D eigenvalue weighted by molar-refractivity contribution is 6.30. The van der Waals surface area contributed by atoms with E-state index in [4.69, 9.17) is 11.6 Å². The lowest BCUT2D eigenvalue weighted by atomic mass is 9.93. The second-order valence-electron chi connectivity index (χ2n) is 9.96. The number of ketones is 1. The Morgan fingerprint density at radius 1 is 0.829 bits per heavy atom. The third-order valence-corrected chi connectivity index (χ3v) is 6.91. The van der Waals surface area contributed by atoms with E-state index in [0.717, 1.165) is 28.7 Å². The summed E-state index contributed by atoms with van der Waals surface area (Å²) >= 11 is 6.13. The van der Waals surface area contributed by atoms with Gasteiger partial charge in [-0.2, -0.15) is 5.06 Å². The first-order valence-electron chi connectivity index (χ1n) is 12.7. The van der Waals surface area contributed by atoms with E-state index in [1.807, 2.05) is 62.4 Å². The number of hydrogen-bond acceptors (Lipinski definition) is 3. The van der Waals surface area contributed by atoms with Crippen LogP contribution in [-0.4, -0.2) is 16.1 Å². The van der Waals surface area contributed by atoms with Gasteiger partial charge in [0.2, 0.25) is 0 Å². The highest BCUT2D eigenvalue weighted by atomic mass is 35.5. The van der Waals surface area contributed by atoms with Gasteiger partial charge in [0.1, 0.15) is 5.78 Å². The average Bonchev–Trinajstić information content (AvgIpc) is 2.84. The van der Waals surface area contributed by atoms with Gasteiger partial charge in [0.15, 0.2) is 0 Å². The van der Waals surface area contributed by atoms with Crippen LogP contribution in [0.15, 0.2) is 72.8 Å². The van der Waals surface area contributed by atoms with Crippen LogP contribution in [0, 0.1) is 0 Å². The van der Waals surface area contributed by atoms with Gasteiger partial charge in [0.05, 0.1) is 5.54 Å². The second-order valence-corrected chi connectivity index (χ2v) is 10.4. The van der Waals surface area contributed by atoms with Crippen LogP contribution in [0.1, 0.15) is 74.3 Å². The summed E-state index contributed by atoms with van der Waals surface area (Å²) in [6.45, 7) is 6.53. The number of halogens is 1. The Bertz CT molecular complexity index is 1070. The van der Waals surface area contributed by atoms with Crippen molar-refractivity contribution < 1.29 is 10.0 Å². The van der Waals surface area contributed by atoms with Crippen LogP contribution in [0.5, 0.6) is 0 Å². The lowest BCUT2D eigenvalue weighted by Gasteiger charge is -2.34. The van der Waals surface area contributed by atoms with Crippen LogP contribution in [-0.2, 0) is 36.1 Å². The Morgan fingerprint density at radius 3 is 1.97 bits per heavy atom. The molecule has 0 heterocycles. The van der Waals surface area contributed by atoms with Crippen molar-refractivity contribution in [1.82, 2.24) is 5.06 Å². The number of carbonyl (C=O) groups is 1. The molecule has 0 amide bonds. The fourth-order valence-electron chi connectivity index (χ4n) is 4.25. The van der Waals surface area contributed by atoms with Gasteiger partial charge in [-0.05, 0) is 66.6 Å². The highest BCUT2D eigenvalue weighted by Gasteiger charge is 2.28. The maximum Gasteiger partial charge on any atom is 0.141 e. The van der Waals surface area contributed by atoms with Gasteiger partial charge in [-0.15, -0.1) is 0 Å². The molecule has 3 nitrogen and oxygen atoms in total. The molecule has 0 fully saturated rings. The third-order valence-electron chi connectivity index (χ3n) is 6.68. The van der Waals surface area contributed by atoms with Crippen molar-refractivity contribution in [2.75, 3.05) is 0 Å². The Morgan fingerprint density at radius 2 is 1.40 bits per heavy atom. The largest absolute Gasteiger partial charge is 0.313 e. The van der Waals surface area contributed by atoms with E-state index in [0.29, 0.717) is 24.4 Å². The molecular weight excluding hydrogens is 454 g/mol. The number of Topliss-reactive ketones (excluding diaryl/α,β-unsaturated/α-hetero) is 1. The Hall–Kier alpha value is -2.46. The molecule has 0 aliphatic carbocycles. The van der Waals surface area contributed by atoms with Crippen molar-refractivity contribution in [1.29, 1.82) is 0 Å². The molecule has 0 bridgehead atoms. The van der Waals surface area contributed by atoms with Crippen LogP contribution in [0.4, 0.5) is 0 Å². The number of benzene rings is 3. The molecule has 0 saturated heterocycles. The number of nitrogens with zero attached hydrogens (tertiary/aromatic N) is 1. The maximum absolute atomic E-state index is 12.6. The molecule has 0 aliphatic heterocycles. The summed E-state index contributed by atoms with van der Waals surface area (Å²) in [6, 6.07) is 24.0. The van der Waals surface area contributed by atoms with Crippen LogP contribution in [0.25, 0.3) is 0 Å². The zero-order valence-electron chi connectivity index (χ0n) is 21.3. The van der Waals surface area contributed by atoms with Crippen LogP contribution < -0.4 is 0 Å². The topological polar surface area (TPSA) is 40.5 Å². The van der Waals surface area contributed by atoms with Crippen molar-refractivity contribution >= 4 is 17.4 Å². The van der Waals surface area contributed by atoms with Gasteiger partial charge in [-0.1, -0.05) is 98.5 Å². The summed E-state index contributed by atoms with van der Waals surface area (Å²) in [5.74, 6) is 0.208. The highest BCUT2D eigenvalue weighted by Crippen LogP contribution is 2.29. The molecule has 1 N–H and O–H groups in total. The van der Waals surface area contributed by atoms with E-state index in [1.165, 1.54) is 36.3 Å². The van der Waals surface area contributed by atoms with E-state index >= 15 is 0 Å². The lowest BCUT2D eigenvalue weighted by molar-refractivity contribution is -0.174. The summed E-state index contributed by atoms with van der Waals surface area (Å²) in [5, 5.41) is 12.8. The quantitative estimate of drug-likeness (QED) is 0.195. The first-order valence-corrected chi connectivity index (χ1v) is 13.1. The fraction of sp³-hybridized carbons (Fsp3) is 0.387. The zero-order valence-corrected chi connectivity index (χ0v) is 22.0. The number of rotatable bonds is 13. The minimum absolute atomic E-state index is 0.208. The normalized spacial score (nSPS) is 11.7. The molecular formula is C31H38ClNO2. The maximum atomic E-state index is 12.6. The molecule has 3 aromatic carbocycles. The summed E-state index contributed by atoms with van der Waals surface area (Å²) < 4.78 is 0. The van der Waals surface area contributed by atoms with Gasteiger partial charge in [-0.25, -0.2) is 0 Å². The van der Waals surface area contributed by atoms with Crippen LogP contribution in [0.2, 0.25) is 5.02 Å². The number of hydrogen-bond donors (Lipinski definition) is 1. The zero-order chi connectivity index (χ0) is 25.3. The number of unbranched alkanes of at least 4 members (excludes halogenated alkanes) is 3. The van der Waals surface area contributed by atoms with Crippen molar-refractivity contribution in [3.8, 4) is 0 Å². The summed E-state index contributed by atoms with van der Waals surface area (Å²) in [6.07, 6.45) is 7.05. The van der Waals surface area contributed by atoms with Crippen molar-refractivity contribution in [3.63, 3.8) is 0 Å². The Kier molecular flexibility index (Phi) is 10.1. The molecule has 0 saturated carbocycles. The van der Waals surface area contributed by atoms with Crippen LogP contribution >= 0.6 is 11.6 Å². The molecule has 3 aromatic rings. The molecule has 0 atom stereocenters. The molecule has 0 radical (unpaired) electrons. The monoisotopic (exact) mass is 491 g/mol. The third kappa shape index (κ3) is 8.31. The first kappa shape index (κ1) is 27.1. The minimum Gasteiger partial charge on any atom is -0.313 e. The number of carbonyl (C=O) groups excluding carboxylic acids is 1. The molecule has 4 heteroatoms. The number of aryl methyl sites for hydroxylation is 1. The van der Waals surface area contributed by atoms with Crippen LogP contribution in [0.3, 0.4) is 0 Å². The van der Waals surface area contributed by atoms with Crippen molar-refractivity contribution in [2.45, 2.75) is 77.8 Å². The molecule has 3 rings (SSSR count). The van der Waals surface area contributed by atoms with Gasteiger partial charge < -0.3 is 5.21 Å². The average molecular weight is 492 g/mol. The first-order chi connectivity index (χ1) is 16.8. The van der Waals surface area contributed by atoms with E-state index in [1.54, 1.807) is 0 Å². The lowest BCUT2D eigenvalue weighted by Crippen LogP contribution is -2.38. The standard InChI is InChI=1S/C31H38ClNO2/c1-4-5-6-7-9-24-12-14-25(15-13-24)20-30(34)21-26-16-18-27(19-17-26)23-33(35)31(2,3)28-10-8-11-29(32)22-28/h8,10-19,22,35H,4-7,9,20-21,23H2,1-3H3. The molecule has 186 valence electrons. The SMILES string of the molecule is CCCCCCc1ccc(CC(=O)Cc2ccc(CN(O)C(C)(C)c3cccc(Cl)c3)cc2)cc1. The predicted molar refractivity (Wildman–Crippen MR) is 145 cm³/mol. The second kappa shape index (κ2) is 13.0. The van der Waals surface area contributed by atoms with Gasteiger partial charge >= 0.3 is 0 Å². The smallest absolute Gasteiger partial charge is 0.141 e. The summed E-state index contributed by atoms with van der Waals surface area (Å²) in [5.41, 5.74) is 4.75. The van der Waals surface area contributed by atoms with Crippen molar-refractivity contribution in [3.05, 3.63) is 106 Å². The molecule has 0 aromatic heterocycles. The summed E-state index contributed by atoms with van der Waals surface area (Å²) in [7, 11) is 0. The van der Waals surface area contributed by atoms with E-state index < -0.39 is 5.54 Å².